The van der Waals surface area contributed by atoms with Crippen LogP contribution in [-0.4, -0.2) is 15.0 Å². The van der Waals surface area contributed by atoms with E-state index in [2.05, 4.69) is 216 Å². The highest BCUT2D eigenvalue weighted by molar-refractivity contribution is 6.19. The van der Waals surface area contributed by atoms with Gasteiger partial charge in [0.05, 0.1) is 0 Å². The van der Waals surface area contributed by atoms with Gasteiger partial charge in [0.2, 0.25) is 5.95 Å². The van der Waals surface area contributed by atoms with Crippen LogP contribution in [0.4, 0.5) is 17.3 Å². The van der Waals surface area contributed by atoms with Crippen molar-refractivity contribution in [2.24, 2.45) is 0 Å². The van der Waals surface area contributed by atoms with E-state index in [9.17, 15) is 0 Å². The lowest BCUT2D eigenvalue weighted by Crippen LogP contribution is -2.19. The first-order chi connectivity index (χ1) is 37.9. The molecule has 6 nitrogen and oxygen atoms in total. The Hall–Kier alpha value is -9.39. The molecule has 13 aromatic rings. The number of anilines is 3. The van der Waals surface area contributed by atoms with E-state index in [1.807, 2.05) is 36.4 Å². The Bertz CT molecular complexity index is 4640. The molecule has 6 heteroatoms. The van der Waals surface area contributed by atoms with Crippen molar-refractivity contribution < 1.29 is 8.83 Å². The average molecular weight is 1010 g/mol. The molecule has 3 aliphatic rings. The largest absolute Gasteiger partial charge is 0.456 e. The molecule has 372 valence electrons. The van der Waals surface area contributed by atoms with Gasteiger partial charge in [0.1, 0.15) is 22.3 Å². The monoisotopic (exact) mass is 1000 g/mol. The summed E-state index contributed by atoms with van der Waals surface area (Å²) in [4.78, 5) is 18.3. The van der Waals surface area contributed by atoms with Crippen LogP contribution in [0.3, 0.4) is 0 Å². The van der Waals surface area contributed by atoms with Crippen molar-refractivity contribution >= 4 is 61.2 Å². The van der Waals surface area contributed by atoms with Crippen LogP contribution in [0.25, 0.3) is 111 Å². The minimum atomic E-state index is -0.394. The summed E-state index contributed by atoms with van der Waals surface area (Å²) in [5.74, 6) is 1.74. The summed E-state index contributed by atoms with van der Waals surface area (Å²) in [6.07, 6.45) is 0. The number of aromatic nitrogens is 3. The summed E-state index contributed by atoms with van der Waals surface area (Å²) in [7, 11) is 0. The first-order valence-corrected chi connectivity index (χ1v) is 27.1. The quantitative estimate of drug-likeness (QED) is 0.165. The molecule has 0 saturated heterocycles. The predicted molar refractivity (Wildman–Crippen MR) is 318 cm³/mol. The van der Waals surface area contributed by atoms with Crippen LogP contribution in [0, 0.1) is 0 Å². The highest BCUT2D eigenvalue weighted by Crippen LogP contribution is 2.60. The summed E-state index contributed by atoms with van der Waals surface area (Å²) in [5.41, 5.74) is 23.9. The number of para-hydroxylation sites is 2. The molecule has 0 aliphatic heterocycles. The molecular formula is C72H52N4O2. The molecule has 10 aromatic carbocycles. The molecule has 78 heavy (non-hydrogen) atoms. The Morgan fingerprint density at radius 1 is 0.333 bits per heavy atom. The Balaban J connectivity index is 0.908. The van der Waals surface area contributed by atoms with Gasteiger partial charge in [0.25, 0.3) is 0 Å². The third-order valence-electron chi connectivity index (χ3n) is 17.7. The van der Waals surface area contributed by atoms with Crippen LogP contribution in [-0.2, 0) is 16.2 Å². The van der Waals surface area contributed by atoms with Crippen molar-refractivity contribution in [3.05, 3.63) is 240 Å². The Kier molecular flexibility index (Phi) is 9.11. The van der Waals surface area contributed by atoms with Gasteiger partial charge in [0.15, 0.2) is 11.6 Å². The first-order valence-electron chi connectivity index (χ1n) is 27.1. The van der Waals surface area contributed by atoms with Gasteiger partial charge < -0.3 is 8.83 Å². The standard InChI is InChI=1S/C72H52N4O2/c1-70(2)53-34-35-61-64(48-26-16-18-28-59(48)77-61)63(53)52-40-56-51(39-57(52)70)46-32-30-44(36-54(46)71(56,3)4)76(69-74-67(42-22-12-8-13-23-42)73-68(75-69)43-24-14-9-15-25-43)45-31-33-47-55(37-45)72(5,6)58-38-50(41-20-10-7-11-21-41)66-65(62(47)58)49-27-17-19-29-60(49)78-66/h7-40H,1-6H3. The second-order valence-corrected chi connectivity index (χ2v) is 23.1. The third-order valence-corrected chi connectivity index (χ3v) is 17.7. The van der Waals surface area contributed by atoms with Crippen molar-refractivity contribution in [2.75, 3.05) is 4.90 Å². The minimum absolute atomic E-state index is 0.220. The summed E-state index contributed by atoms with van der Waals surface area (Å²) >= 11 is 0. The van der Waals surface area contributed by atoms with Gasteiger partial charge in [-0.2, -0.15) is 9.97 Å². The molecule has 0 bridgehead atoms. The number of nitrogens with zero attached hydrogens (tertiary/aromatic N) is 4. The van der Waals surface area contributed by atoms with Gasteiger partial charge in [-0.1, -0.05) is 187 Å². The van der Waals surface area contributed by atoms with Crippen LogP contribution in [0.1, 0.15) is 74.9 Å². The lowest BCUT2D eigenvalue weighted by molar-refractivity contribution is 0.651. The van der Waals surface area contributed by atoms with Crippen molar-refractivity contribution in [1.82, 2.24) is 15.0 Å². The molecule has 0 spiro atoms. The van der Waals surface area contributed by atoms with Crippen molar-refractivity contribution in [1.29, 1.82) is 0 Å². The fraction of sp³-hybridized carbons (Fsp3) is 0.125. The van der Waals surface area contributed by atoms with Crippen molar-refractivity contribution in [3.8, 4) is 67.3 Å². The molecule has 0 fully saturated rings. The highest BCUT2D eigenvalue weighted by Gasteiger charge is 2.44. The SMILES string of the molecule is CC1(C)c2cc(N(c3ccc4c(c3)C(C)(C)c3cc(-c5ccccc5)c5oc6ccccc6c5c3-4)c3nc(-c4ccccc4)nc(-c4ccccc4)n3)ccc2-c2cc3c(cc21)-c1c(ccc2oc4ccccc4c12)C3(C)C. The lowest BCUT2D eigenvalue weighted by atomic mass is 9.79. The number of fused-ring (bicyclic) bond motifs is 17. The van der Waals surface area contributed by atoms with Gasteiger partial charge in [-0.05, 0) is 133 Å². The lowest BCUT2D eigenvalue weighted by Gasteiger charge is -2.28. The summed E-state index contributed by atoms with van der Waals surface area (Å²) < 4.78 is 13.3. The predicted octanol–water partition coefficient (Wildman–Crippen LogP) is 19.1. The van der Waals surface area contributed by atoms with Gasteiger partial charge in [-0.15, -0.1) is 0 Å². The zero-order chi connectivity index (χ0) is 52.4. The maximum absolute atomic E-state index is 6.84. The molecular weight excluding hydrogens is 953 g/mol. The molecule has 0 radical (unpaired) electrons. The number of furan rings is 2. The second-order valence-electron chi connectivity index (χ2n) is 23.1. The van der Waals surface area contributed by atoms with E-state index in [0.717, 1.165) is 72.1 Å². The van der Waals surface area contributed by atoms with Crippen LogP contribution < -0.4 is 4.90 Å². The molecule has 0 unspecified atom stereocenters. The van der Waals surface area contributed by atoms with E-state index >= 15 is 0 Å². The van der Waals surface area contributed by atoms with E-state index in [1.165, 1.54) is 72.1 Å². The molecule has 0 atom stereocenters. The van der Waals surface area contributed by atoms with E-state index in [1.54, 1.807) is 0 Å². The Morgan fingerprint density at radius 3 is 1.46 bits per heavy atom. The first kappa shape index (κ1) is 44.9. The topological polar surface area (TPSA) is 68.2 Å². The minimum Gasteiger partial charge on any atom is -0.456 e. The third kappa shape index (κ3) is 6.17. The normalized spacial score (nSPS) is 14.8. The molecule has 0 amide bonds. The molecule has 3 heterocycles. The maximum Gasteiger partial charge on any atom is 0.238 e. The smallest absolute Gasteiger partial charge is 0.238 e. The Labute approximate surface area is 452 Å². The van der Waals surface area contributed by atoms with E-state index in [0.29, 0.717) is 17.6 Å². The van der Waals surface area contributed by atoms with Gasteiger partial charge in [-0.3, -0.25) is 4.90 Å². The molecule has 0 N–H and O–H groups in total. The van der Waals surface area contributed by atoms with E-state index in [-0.39, 0.29) is 10.8 Å². The van der Waals surface area contributed by atoms with Gasteiger partial charge in [0, 0.05) is 65.9 Å². The second kappa shape index (κ2) is 15.8. The molecule has 3 aliphatic carbocycles. The summed E-state index contributed by atoms with van der Waals surface area (Å²) in [5, 5.41) is 4.62. The zero-order valence-electron chi connectivity index (χ0n) is 44.2. The van der Waals surface area contributed by atoms with Gasteiger partial charge >= 0.3 is 0 Å². The molecule has 16 rings (SSSR count). The molecule has 3 aromatic heterocycles. The number of benzene rings is 10. The zero-order valence-corrected chi connectivity index (χ0v) is 44.2. The highest BCUT2D eigenvalue weighted by atomic mass is 16.3. The average Bonchev–Trinajstić information content (AvgIpc) is 4.41. The number of hydrogen-bond acceptors (Lipinski definition) is 6. The van der Waals surface area contributed by atoms with Crippen LogP contribution in [0.2, 0.25) is 0 Å². The summed E-state index contributed by atoms with van der Waals surface area (Å²) in [6.45, 7) is 14.3. The fourth-order valence-electron chi connectivity index (χ4n) is 13.7. The van der Waals surface area contributed by atoms with Crippen LogP contribution >= 0.6 is 0 Å². The Morgan fingerprint density at radius 2 is 0.808 bits per heavy atom. The van der Waals surface area contributed by atoms with Crippen molar-refractivity contribution in [3.63, 3.8) is 0 Å². The van der Waals surface area contributed by atoms with E-state index < -0.39 is 5.41 Å². The molecule has 0 saturated carbocycles. The maximum atomic E-state index is 6.84. The number of hydrogen-bond donors (Lipinski definition) is 0. The summed E-state index contributed by atoms with van der Waals surface area (Å²) in [6, 6.07) is 73.9. The van der Waals surface area contributed by atoms with E-state index in [4.69, 9.17) is 23.8 Å². The fourth-order valence-corrected chi connectivity index (χ4v) is 13.7. The van der Waals surface area contributed by atoms with Crippen LogP contribution in [0.15, 0.2) is 215 Å². The van der Waals surface area contributed by atoms with Gasteiger partial charge in [-0.25, -0.2) is 4.98 Å². The van der Waals surface area contributed by atoms with Crippen molar-refractivity contribution in [2.45, 2.75) is 57.8 Å². The number of rotatable bonds is 6. The van der Waals surface area contributed by atoms with Crippen LogP contribution in [0.5, 0.6) is 0 Å².